The number of amides is 1. The van der Waals surface area contributed by atoms with Gasteiger partial charge in [0.25, 0.3) is 0 Å². The van der Waals surface area contributed by atoms with Gasteiger partial charge in [0.15, 0.2) is 0 Å². The van der Waals surface area contributed by atoms with E-state index in [9.17, 15) is 4.79 Å². The average Bonchev–Trinajstić information content (AvgIpc) is 2.87. The van der Waals surface area contributed by atoms with Crippen molar-refractivity contribution in [2.24, 2.45) is 0 Å². The van der Waals surface area contributed by atoms with Crippen molar-refractivity contribution in [3.05, 3.63) is 6.33 Å². The Labute approximate surface area is 104 Å². The smallest absolute Gasteiger partial charge is 0.242 e. The van der Waals surface area contributed by atoms with Crippen LogP contribution in [0.2, 0.25) is 0 Å². The molecule has 2 rings (SSSR count). The molecule has 1 amide bonds. The van der Waals surface area contributed by atoms with Crippen LogP contribution in [0.15, 0.2) is 6.33 Å². The van der Waals surface area contributed by atoms with Gasteiger partial charge >= 0.3 is 0 Å². The number of aromatic nitrogens is 3. The Morgan fingerprint density at radius 3 is 3.18 bits per heavy atom. The summed E-state index contributed by atoms with van der Waals surface area (Å²) < 4.78 is 1.45. The zero-order valence-corrected chi connectivity index (χ0v) is 10.6. The Morgan fingerprint density at radius 1 is 1.71 bits per heavy atom. The first-order chi connectivity index (χ1) is 8.19. The van der Waals surface area contributed by atoms with Crippen LogP contribution in [0.4, 0.5) is 5.95 Å². The first-order valence-electron chi connectivity index (χ1n) is 5.66. The maximum Gasteiger partial charge on any atom is 0.242 e. The van der Waals surface area contributed by atoms with Gasteiger partial charge in [-0.25, -0.2) is 9.67 Å². The van der Waals surface area contributed by atoms with Crippen LogP contribution in [0.3, 0.4) is 0 Å². The molecule has 94 valence electrons. The van der Waals surface area contributed by atoms with Crippen molar-refractivity contribution in [1.82, 2.24) is 20.1 Å². The summed E-state index contributed by atoms with van der Waals surface area (Å²) >= 11 is 1.82. The fraction of sp³-hybridized carbons (Fsp3) is 0.700. The molecule has 2 unspecified atom stereocenters. The van der Waals surface area contributed by atoms with Crippen LogP contribution in [0.1, 0.15) is 19.3 Å². The largest absolute Gasteiger partial charge is 0.367 e. The molecule has 2 atom stereocenters. The SMILES string of the molecule is CSC1CCCC1NC(=O)Cn1cnc(N)n1. The highest BCUT2D eigenvalue weighted by Gasteiger charge is 2.27. The normalized spacial score (nSPS) is 23.8. The molecule has 1 aliphatic rings. The summed E-state index contributed by atoms with van der Waals surface area (Å²) in [7, 11) is 0. The second-order valence-electron chi connectivity index (χ2n) is 4.18. The molecular weight excluding hydrogens is 238 g/mol. The van der Waals surface area contributed by atoms with Gasteiger partial charge in [-0.1, -0.05) is 6.42 Å². The molecule has 1 heterocycles. The standard InChI is InChI=1S/C10H17N5OS/c1-17-8-4-2-3-7(8)13-9(16)5-15-6-12-10(11)14-15/h6-8H,2-5H2,1H3,(H2,11,14)(H,13,16). The summed E-state index contributed by atoms with van der Waals surface area (Å²) in [6.45, 7) is 0.182. The summed E-state index contributed by atoms with van der Waals surface area (Å²) in [4.78, 5) is 15.6. The topological polar surface area (TPSA) is 85.8 Å². The molecule has 1 aromatic rings. The maximum absolute atomic E-state index is 11.8. The highest BCUT2D eigenvalue weighted by atomic mass is 32.2. The van der Waals surface area contributed by atoms with Crippen molar-refractivity contribution in [2.75, 3.05) is 12.0 Å². The molecule has 0 saturated heterocycles. The first-order valence-corrected chi connectivity index (χ1v) is 6.95. The molecule has 1 saturated carbocycles. The van der Waals surface area contributed by atoms with Crippen molar-refractivity contribution >= 4 is 23.6 Å². The quantitative estimate of drug-likeness (QED) is 0.806. The van der Waals surface area contributed by atoms with E-state index < -0.39 is 0 Å². The van der Waals surface area contributed by atoms with Crippen molar-refractivity contribution in [3.8, 4) is 0 Å². The Kier molecular flexibility index (Phi) is 3.88. The second-order valence-corrected chi connectivity index (χ2v) is 5.26. The lowest BCUT2D eigenvalue weighted by Crippen LogP contribution is -2.40. The predicted molar refractivity (Wildman–Crippen MR) is 67.5 cm³/mol. The maximum atomic E-state index is 11.8. The molecule has 0 aromatic carbocycles. The highest BCUT2D eigenvalue weighted by molar-refractivity contribution is 7.99. The summed E-state index contributed by atoms with van der Waals surface area (Å²) in [5.74, 6) is 0.168. The number of carbonyl (C=O) groups excluding carboxylic acids is 1. The third-order valence-electron chi connectivity index (χ3n) is 2.96. The molecule has 6 nitrogen and oxygen atoms in total. The van der Waals surface area contributed by atoms with E-state index in [-0.39, 0.29) is 18.4 Å². The molecule has 1 aromatic heterocycles. The molecule has 3 N–H and O–H groups in total. The second kappa shape index (κ2) is 5.39. The monoisotopic (exact) mass is 255 g/mol. The summed E-state index contributed by atoms with van der Waals surface area (Å²) in [6.07, 6.45) is 6.99. The number of nitrogens with zero attached hydrogens (tertiary/aromatic N) is 3. The van der Waals surface area contributed by atoms with Gasteiger partial charge in [-0.2, -0.15) is 11.8 Å². The summed E-state index contributed by atoms with van der Waals surface area (Å²) in [5, 5.41) is 7.47. The average molecular weight is 255 g/mol. The van der Waals surface area contributed by atoms with Gasteiger partial charge in [-0.15, -0.1) is 5.10 Å². The number of nitrogens with two attached hydrogens (primary N) is 1. The van der Waals surface area contributed by atoms with Crippen molar-refractivity contribution in [1.29, 1.82) is 0 Å². The molecule has 0 spiro atoms. The third kappa shape index (κ3) is 3.12. The van der Waals surface area contributed by atoms with Crippen molar-refractivity contribution < 1.29 is 4.79 Å². The van der Waals surface area contributed by atoms with Gasteiger partial charge in [-0.3, -0.25) is 4.79 Å². The lowest BCUT2D eigenvalue weighted by molar-refractivity contribution is -0.122. The van der Waals surface area contributed by atoms with Crippen LogP contribution < -0.4 is 11.1 Å². The van der Waals surface area contributed by atoms with Crippen molar-refractivity contribution in [3.63, 3.8) is 0 Å². The fourth-order valence-corrected chi connectivity index (χ4v) is 3.09. The van der Waals surface area contributed by atoms with Gasteiger partial charge in [0, 0.05) is 11.3 Å². The van der Waals surface area contributed by atoms with E-state index in [1.807, 2.05) is 11.8 Å². The third-order valence-corrected chi connectivity index (χ3v) is 4.13. The van der Waals surface area contributed by atoms with Crippen LogP contribution in [0, 0.1) is 0 Å². The Morgan fingerprint density at radius 2 is 2.53 bits per heavy atom. The van der Waals surface area contributed by atoms with E-state index in [1.165, 1.54) is 23.9 Å². The summed E-state index contributed by atoms with van der Waals surface area (Å²) in [6, 6.07) is 0.290. The molecule has 0 aliphatic heterocycles. The first kappa shape index (κ1) is 12.2. The Balaban J connectivity index is 1.85. The molecule has 0 bridgehead atoms. The zero-order chi connectivity index (χ0) is 12.3. The highest BCUT2D eigenvalue weighted by Crippen LogP contribution is 2.28. The van der Waals surface area contributed by atoms with Crippen LogP contribution >= 0.6 is 11.8 Å². The van der Waals surface area contributed by atoms with E-state index in [2.05, 4.69) is 21.7 Å². The van der Waals surface area contributed by atoms with E-state index in [4.69, 9.17) is 5.73 Å². The summed E-state index contributed by atoms with van der Waals surface area (Å²) in [5.41, 5.74) is 5.38. The van der Waals surface area contributed by atoms with E-state index in [0.717, 1.165) is 6.42 Å². The molecule has 0 radical (unpaired) electrons. The minimum Gasteiger partial charge on any atom is -0.367 e. The Hall–Kier alpha value is -1.24. The van der Waals surface area contributed by atoms with Gasteiger partial charge in [0.05, 0.1) is 0 Å². The van der Waals surface area contributed by atoms with Crippen LogP contribution in [-0.4, -0.2) is 38.2 Å². The van der Waals surface area contributed by atoms with Crippen LogP contribution in [0.25, 0.3) is 0 Å². The van der Waals surface area contributed by atoms with Crippen LogP contribution in [0.5, 0.6) is 0 Å². The molecular formula is C10H17N5OS. The minimum absolute atomic E-state index is 0.0270. The predicted octanol–water partition coefficient (Wildman–Crippen LogP) is 0.261. The lowest BCUT2D eigenvalue weighted by atomic mass is 10.2. The van der Waals surface area contributed by atoms with Gasteiger partial charge in [0.2, 0.25) is 11.9 Å². The number of hydrogen-bond donors (Lipinski definition) is 2. The Bertz CT molecular complexity index is 394. The van der Waals surface area contributed by atoms with Gasteiger partial charge < -0.3 is 11.1 Å². The lowest BCUT2D eigenvalue weighted by Gasteiger charge is -2.18. The number of anilines is 1. The number of thioether (sulfide) groups is 1. The minimum atomic E-state index is -0.0270. The number of carbonyl (C=O) groups is 1. The zero-order valence-electron chi connectivity index (χ0n) is 9.80. The number of nitrogens with one attached hydrogen (secondary N) is 1. The number of hydrogen-bond acceptors (Lipinski definition) is 5. The molecule has 17 heavy (non-hydrogen) atoms. The van der Waals surface area contributed by atoms with E-state index in [0.29, 0.717) is 11.3 Å². The van der Waals surface area contributed by atoms with Gasteiger partial charge in [-0.05, 0) is 19.1 Å². The molecule has 1 fully saturated rings. The van der Waals surface area contributed by atoms with Crippen molar-refractivity contribution in [2.45, 2.75) is 37.1 Å². The van der Waals surface area contributed by atoms with E-state index >= 15 is 0 Å². The molecule has 1 aliphatic carbocycles. The number of nitrogen functional groups attached to an aromatic ring is 1. The molecule has 7 heteroatoms. The van der Waals surface area contributed by atoms with Gasteiger partial charge in [0.1, 0.15) is 12.9 Å². The fourth-order valence-electron chi connectivity index (χ4n) is 2.16. The van der Waals surface area contributed by atoms with E-state index in [1.54, 1.807) is 0 Å². The van der Waals surface area contributed by atoms with Crippen LogP contribution in [-0.2, 0) is 11.3 Å². The number of rotatable bonds is 4.